The Morgan fingerprint density at radius 3 is 2.00 bits per heavy atom. The molecule has 2 amide bonds. The summed E-state index contributed by atoms with van der Waals surface area (Å²) in [5.74, 6) is -1.37. The molecule has 2 atom stereocenters. The molecule has 0 aromatic heterocycles. The maximum atomic E-state index is 12.7. The smallest absolute Gasteiger partial charge is 0.308 e. The van der Waals surface area contributed by atoms with Crippen molar-refractivity contribution < 1.29 is 19.5 Å². The van der Waals surface area contributed by atoms with Crippen LogP contribution in [0.5, 0.6) is 0 Å². The first-order valence-electron chi connectivity index (χ1n) is 8.51. The van der Waals surface area contributed by atoms with Gasteiger partial charge in [-0.15, -0.1) is 0 Å². The standard InChI is InChI=1S/C17H28N2O4/c1-17(2,3)16(23)19-9-4-6-12(10-19)14(20)18-8-5-7-13(11-18)15(21)22/h12-13H,4-11H2,1-3H3,(H,21,22). The van der Waals surface area contributed by atoms with Crippen LogP contribution < -0.4 is 0 Å². The normalized spacial score (nSPS) is 26.0. The fourth-order valence-electron chi connectivity index (χ4n) is 3.47. The van der Waals surface area contributed by atoms with Crippen LogP contribution in [0.25, 0.3) is 0 Å². The molecule has 6 nitrogen and oxygen atoms in total. The molecule has 0 radical (unpaired) electrons. The van der Waals surface area contributed by atoms with Gasteiger partial charge in [-0.1, -0.05) is 20.8 Å². The number of carbonyl (C=O) groups excluding carboxylic acids is 2. The third-order valence-electron chi connectivity index (χ3n) is 4.78. The number of hydrogen-bond donors (Lipinski definition) is 1. The van der Waals surface area contributed by atoms with Gasteiger partial charge in [-0.2, -0.15) is 0 Å². The Labute approximate surface area is 137 Å². The molecule has 0 aliphatic carbocycles. The van der Waals surface area contributed by atoms with Gasteiger partial charge in [-0.05, 0) is 25.7 Å². The van der Waals surface area contributed by atoms with Crippen molar-refractivity contribution in [1.29, 1.82) is 0 Å². The number of carboxylic acid groups (broad SMARTS) is 1. The molecule has 0 aromatic carbocycles. The highest BCUT2D eigenvalue weighted by Gasteiger charge is 2.36. The summed E-state index contributed by atoms with van der Waals surface area (Å²) in [6.45, 7) is 7.78. The number of aliphatic carboxylic acids is 1. The van der Waals surface area contributed by atoms with Crippen LogP contribution in [-0.2, 0) is 14.4 Å². The van der Waals surface area contributed by atoms with E-state index >= 15 is 0 Å². The number of carboxylic acids is 1. The van der Waals surface area contributed by atoms with E-state index in [2.05, 4.69) is 0 Å². The van der Waals surface area contributed by atoms with E-state index in [4.69, 9.17) is 5.11 Å². The highest BCUT2D eigenvalue weighted by Crippen LogP contribution is 2.26. The van der Waals surface area contributed by atoms with Crippen molar-refractivity contribution in [2.75, 3.05) is 26.2 Å². The molecule has 2 saturated heterocycles. The lowest BCUT2D eigenvalue weighted by Crippen LogP contribution is -2.51. The van der Waals surface area contributed by atoms with Crippen LogP contribution >= 0.6 is 0 Å². The first-order valence-corrected chi connectivity index (χ1v) is 8.51. The zero-order chi connectivity index (χ0) is 17.2. The zero-order valence-corrected chi connectivity index (χ0v) is 14.4. The average molecular weight is 324 g/mol. The summed E-state index contributed by atoms with van der Waals surface area (Å²) in [6.07, 6.45) is 2.98. The van der Waals surface area contributed by atoms with Crippen molar-refractivity contribution in [3.8, 4) is 0 Å². The molecule has 2 heterocycles. The predicted molar refractivity (Wildman–Crippen MR) is 85.7 cm³/mol. The highest BCUT2D eigenvalue weighted by atomic mass is 16.4. The lowest BCUT2D eigenvalue weighted by Gasteiger charge is -2.39. The summed E-state index contributed by atoms with van der Waals surface area (Å²) >= 11 is 0. The van der Waals surface area contributed by atoms with Crippen LogP contribution in [0.2, 0.25) is 0 Å². The molecule has 0 bridgehead atoms. The minimum Gasteiger partial charge on any atom is -0.481 e. The lowest BCUT2D eigenvalue weighted by atomic mass is 9.90. The molecule has 1 N–H and O–H groups in total. The maximum Gasteiger partial charge on any atom is 0.308 e. The Morgan fingerprint density at radius 1 is 0.913 bits per heavy atom. The van der Waals surface area contributed by atoms with Gasteiger partial charge in [0.2, 0.25) is 11.8 Å². The van der Waals surface area contributed by atoms with E-state index in [9.17, 15) is 14.4 Å². The van der Waals surface area contributed by atoms with Gasteiger partial charge in [0.05, 0.1) is 11.8 Å². The molecule has 0 saturated carbocycles. The largest absolute Gasteiger partial charge is 0.481 e. The van der Waals surface area contributed by atoms with Crippen LogP contribution in [0.4, 0.5) is 0 Å². The van der Waals surface area contributed by atoms with Gasteiger partial charge >= 0.3 is 5.97 Å². The van der Waals surface area contributed by atoms with E-state index < -0.39 is 17.3 Å². The third kappa shape index (κ3) is 4.24. The van der Waals surface area contributed by atoms with Crippen molar-refractivity contribution in [3.63, 3.8) is 0 Å². The predicted octanol–water partition coefficient (Wildman–Crippen LogP) is 1.59. The van der Waals surface area contributed by atoms with E-state index in [1.165, 1.54) is 0 Å². The van der Waals surface area contributed by atoms with Crippen molar-refractivity contribution in [3.05, 3.63) is 0 Å². The van der Waals surface area contributed by atoms with Gasteiger partial charge in [-0.25, -0.2) is 0 Å². The minimum atomic E-state index is -0.823. The van der Waals surface area contributed by atoms with Crippen LogP contribution in [0.15, 0.2) is 0 Å². The summed E-state index contributed by atoms with van der Waals surface area (Å²) in [5, 5.41) is 9.16. The van der Waals surface area contributed by atoms with Gasteiger partial charge in [-0.3, -0.25) is 14.4 Å². The number of carbonyl (C=O) groups is 3. The van der Waals surface area contributed by atoms with Gasteiger partial charge in [0, 0.05) is 31.6 Å². The van der Waals surface area contributed by atoms with Crippen molar-refractivity contribution in [1.82, 2.24) is 9.80 Å². The Hall–Kier alpha value is -1.59. The molecule has 2 aliphatic rings. The minimum absolute atomic E-state index is 0.0161. The van der Waals surface area contributed by atoms with Crippen molar-refractivity contribution >= 4 is 17.8 Å². The third-order valence-corrected chi connectivity index (χ3v) is 4.78. The molecule has 2 unspecified atom stereocenters. The van der Waals surface area contributed by atoms with E-state index in [1.54, 1.807) is 9.80 Å². The molecule has 23 heavy (non-hydrogen) atoms. The number of likely N-dealkylation sites (tertiary alicyclic amines) is 2. The molecule has 0 spiro atoms. The molecule has 6 heteroatoms. The molecule has 2 aliphatic heterocycles. The maximum absolute atomic E-state index is 12.7. The molecular weight excluding hydrogens is 296 g/mol. The second kappa shape index (κ2) is 6.89. The Balaban J connectivity index is 1.99. The molecule has 0 aromatic rings. The number of piperidine rings is 2. The Morgan fingerprint density at radius 2 is 1.43 bits per heavy atom. The molecule has 2 rings (SSSR count). The van der Waals surface area contributed by atoms with E-state index in [1.807, 2.05) is 20.8 Å². The van der Waals surface area contributed by atoms with Gasteiger partial charge in [0.1, 0.15) is 0 Å². The van der Waals surface area contributed by atoms with Crippen LogP contribution in [-0.4, -0.2) is 58.9 Å². The second-order valence-corrected chi connectivity index (χ2v) is 7.80. The Bertz CT molecular complexity index is 483. The Kier molecular flexibility index (Phi) is 5.32. The lowest BCUT2D eigenvalue weighted by molar-refractivity contribution is -0.148. The number of hydrogen-bond acceptors (Lipinski definition) is 3. The molecule has 2 fully saturated rings. The first kappa shape index (κ1) is 17.8. The summed E-state index contributed by atoms with van der Waals surface area (Å²) in [7, 11) is 0. The summed E-state index contributed by atoms with van der Waals surface area (Å²) in [4.78, 5) is 39.8. The molecule has 130 valence electrons. The fraction of sp³-hybridized carbons (Fsp3) is 0.824. The number of amides is 2. The van der Waals surface area contributed by atoms with Gasteiger partial charge < -0.3 is 14.9 Å². The van der Waals surface area contributed by atoms with Gasteiger partial charge in [0.25, 0.3) is 0 Å². The van der Waals surface area contributed by atoms with E-state index in [0.717, 1.165) is 19.3 Å². The van der Waals surface area contributed by atoms with Crippen LogP contribution in [0.1, 0.15) is 46.5 Å². The topological polar surface area (TPSA) is 77.9 Å². The second-order valence-electron chi connectivity index (χ2n) is 7.80. The first-order chi connectivity index (χ1) is 10.7. The quantitative estimate of drug-likeness (QED) is 0.837. The van der Waals surface area contributed by atoms with Crippen molar-refractivity contribution in [2.45, 2.75) is 46.5 Å². The number of rotatable bonds is 2. The average Bonchev–Trinajstić information content (AvgIpc) is 2.52. The molecular formula is C17H28N2O4. The fourth-order valence-corrected chi connectivity index (χ4v) is 3.47. The van der Waals surface area contributed by atoms with Crippen LogP contribution in [0.3, 0.4) is 0 Å². The SMILES string of the molecule is CC(C)(C)C(=O)N1CCCC(C(=O)N2CCCC(C(=O)O)C2)C1. The summed E-state index contributed by atoms with van der Waals surface area (Å²) < 4.78 is 0. The highest BCUT2D eigenvalue weighted by molar-refractivity contribution is 5.84. The summed E-state index contributed by atoms with van der Waals surface area (Å²) in [5.41, 5.74) is -0.440. The zero-order valence-electron chi connectivity index (χ0n) is 14.4. The summed E-state index contributed by atoms with van der Waals surface area (Å²) in [6, 6.07) is 0. The number of nitrogens with zero attached hydrogens (tertiary/aromatic N) is 2. The van der Waals surface area contributed by atoms with Crippen molar-refractivity contribution in [2.24, 2.45) is 17.3 Å². The van der Waals surface area contributed by atoms with E-state index in [0.29, 0.717) is 32.6 Å². The van der Waals surface area contributed by atoms with E-state index in [-0.39, 0.29) is 17.7 Å². The monoisotopic (exact) mass is 324 g/mol. The van der Waals surface area contributed by atoms with Gasteiger partial charge in [0.15, 0.2) is 0 Å². The van der Waals surface area contributed by atoms with Crippen LogP contribution in [0, 0.1) is 17.3 Å².